The van der Waals surface area contributed by atoms with Crippen LogP contribution in [0.1, 0.15) is 48.3 Å². The number of rotatable bonds is 4. The number of benzene rings is 2. The molecule has 5 nitrogen and oxygen atoms in total. The lowest BCUT2D eigenvalue weighted by Gasteiger charge is -2.15. The van der Waals surface area contributed by atoms with Crippen LogP contribution in [0.5, 0.6) is 5.75 Å². The van der Waals surface area contributed by atoms with Crippen LogP contribution in [0.15, 0.2) is 36.4 Å². The van der Waals surface area contributed by atoms with E-state index < -0.39 is 11.9 Å². The molecule has 1 aromatic heterocycles. The summed E-state index contributed by atoms with van der Waals surface area (Å²) in [6, 6.07) is 9.37. The van der Waals surface area contributed by atoms with E-state index in [1.807, 2.05) is 0 Å². The zero-order chi connectivity index (χ0) is 21.5. The third-order valence-corrected chi connectivity index (χ3v) is 5.48. The molecule has 2 aromatic carbocycles. The van der Waals surface area contributed by atoms with Crippen LogP contribution >= 0.6 is 23.2 Å². The van der Waals surface area contributed by atoms with Gasteiger partial charge in [-0.1, -0.05) is 23.2 Å². The monoisotopic (exact) mass is 433 g/mol. The Morgan fingerprint density at radius 3 is 2.34 bits per heavy atom. The first-order chi connectivity index (χ1) is 13.6. The van der Waals surface area contributed by atoms with Gasteiger partial charge in [-0.3, -0.25) is 14.2 Å². The molecule has 1 N–H and O–H groups in total. The van der Waals surface area contributed by atoms with Crippen molar-refractivity contribution in [3.63, 3.8) is 0 Å². The quantitative estimate of drug-likeness (QED) is 0.535. The summed E-state index contributed by atoms with van der Waals surface area (Å²) in [6.45, 7) is 7.05. The Bertz CT molecular complexity index is 1120. The highest BCUT2D eigenvalue weighted by atomic mass is 35.5. The van der Waals surface area contributed by atoms with Gasteiger partial charge in [0.2, 0.25) is 0 Å². The SMILES string of the molecule is Cc1c(C(C)C(=O)OC(C)C)c2cc(O)ccc2n1C(=O)c1ccc(Cl)c(Cl)c1. The number of nitrogens with zero attached hydrogens (tertiary/aromatic N) is 1. The Balaban J connectivity index is 2.20. The van der Waals surface area contributed by atoms with Gasteiger partial charge in [-0.25, -0.2) is 0 Å². The van der Waals surface area contributed by atoms with Gasteiger partial charge in [0, 0.05) is 16.6 Å². The minimum absolute atomic E-state index is 0.0438. The molecule has 0 radical (unpaired) electrons. The molecule has 0 fully saturated rings. The smallest absolute Gasteiger partial charge is 0.313 e. The molecule has 3 rings (SSSR count). The number of hydrogen-bond donors (Lipinski definition) is 1. The number of ether oxygens (including phenoxy) is 1. The summed E-state index contributed by atoms with van der Waals surface area (Å²) in [4.78, 5) is 25.9. The molecular formula is C22H21Cl2NO4. The number of phenolic OH excluding ortho intramolecular Hbond substituents is 1. The normalized spacial score (nSPS) is 12.4. The molecule has 1 atom stereocenters. The molecule has 152 valence electrons. The fourth-order valence-electron chi connectivity index (χ4n) is 3.45. The number of aromatic nitrogens is 1. The third kappa shape index (κ3) is 3.98. The van der Waals surface area contributed by atoms with Gasteiger partial charge >= 0.3 is 5.97 Å². The molecule has 7 heteroatoms. The summed E-state index contributed by atoms with van der Waals surface area (Å²) < 4.78 is 6.87. The van der Waals surface area contributed by atoms with Crippen LogP contribution in [0.2, 0.25) is 10.0 Å². The first-order valence-electron chi connectivity index (χ1n) is 9.16. The van der Waals surface area contributed by atoms with E-state index >= 15 is 0 Å². The Morgan fingerprint density at radius 1 is 1.03 bits per heavy atom. The first kappa shape index (κ1) is 21.2. The molecule has 1 heterocycles. The molecule has 0 aliphatic heterocycles. The van der Waals surface area contributed by atoms with Gasteiger partial charge in [0.1, 0.15) is 5.75 Å². The van der Waals surface area contributed by atoms with Crippen LogP contribution < -0.4 is 0 Å². The molecule has 0 bridgehead atoms. The zero-order valence-corrected chi connectivity index (χ0v) is 18.0. The van der Waals surface area contributed by atoms with Crippen molar-refractivity contribution in [2.75, 3.05) is 0 Å². The van der Waals surface area contributed by atoms with Crippen molar-refractivity contribution in [1.82, 2.24) is 4.57 Å². The van der Waals surface area contributed by atoms with Crippen molar-refractivity contribution in [2.24, 2.45) is 0 Å². The lowest BCUT2D eigenvalue weighted by Crippen LogP contribution is -2.19. The van der Waals surface area contributed by atoms with E-state index in [4.69, 9.17) is 27.9 Å². The maximum Gasteiger partial charge on any atom is 0.313 e. The van der Waals surface area contributed by atoms with Crippen LogP contribution in [-0.4, -0.2) is 27.7 Å². The molecule has 29 heavy (non-hydrogen) atoms. The van der Waals surface area contributed by atoms with Crippen LogP contribution in [0.4, 0.5) is 0 Å². The summed E-state index contributed by atoms with van der Waals surface area (Å²) in [5.74, 6) is -1.29. The van der Waals surface area contributed by atoms with Crippen molar-refractivity contribution in [3.05, 3.63) is 63.3 Å². The Hall–Kier alpha value is -2.50. The van der Waals surface area contributed by atoms with E-state index in [0.717, 1.165) is 0 Å². The van der Waals surface area contributed by atoms with Crippen LogP contribution in [-0.2, 0) is 9.53 Å². The third-order valence-electron chi connectivity index (χ3n) is 4.74. The largest absolute Gasteiger partial charge is 0.508 e. The molecule has 3 aromatic rings. The zero-order valence-electron chi connectivity index (χ0n) is 16.5. The molecule has 1 unspecified atom stereocenters. The highest BCUT2D eigenvalue weighted by Crippen LogP contribution is 2.35. The van der Waals surface area contributed by atoms with E-state index in [2.05, 4.69) is 0 Å². The number of phenols is 1. The fourth-order valence-corrected chi connectivity index (χ4v) is 3.75. The predicted octanol–water partition coefficient (Wildman–Crippen LogP) is 5.71. The van der Waals surface area contributed by atoms with Crippen LogP contribution in [0.25, 0.3) is 10.9 Å². The molecule has 0 aliphatic carbocycles. The van der Waals surface area contributed by atoms with Crippen molar-refractivity contribution in [2.45, 2.75) is 39.7 Å². The molecular weight excluding hydrogens is 413 g/mol. The van der Waals surface area contributed by atoms with E-state index in [1.54, 1.807) is 52.0 Å². The average molecular weight is 434 g/mol. The van der Waals surface area contributed by atoms with Crippen molar-refractivity contribution < 1.29 is 19.4 Å². The first-order valence-corrected chi connectivity index (χ1v) is 9.91. The topological polar surface area (TPSA) is 68.5 Å². The molecule has 0 spiro atoms. The van der Waals surface area contributed by atoms with Gasteiger partial charge in [0.15, 0.2) is 0 Å². The number of fused-ring (bicyclic) bond motifs is 1. The minimum Gasteiger partial charge on any atom is -0.508 e. The van der Waals surface area contributed by atoms with Gasteiger partial charge in [-0.2, -0.15) is 0 Å². The molecule has 0 saturated carbocycles. The highest BCUT2D eigenvalue weighted by molar-refractivity contribution is 6.42. The van der Waals surface area contributed by atoms with Crippen molar-refractivity contribution in [3.8, 4) is 5.75 Å². The minimum atomic E-state index is -0.621. The van der Waals surface area contributed by atoms with Gasteiger partial charge in [-0.05, 0) is 69.7 Å². The van der Waals surface area contributed by atoms with Gasteiger partial charge in [0.05, 0.1) is 27.6 Å². The van der Waals surface area contributed by atoms with Crippen molar-refractivity contribution in [1.29, 1.82) is 0 Å². The Labute approximate surface area is 178 Å². The van der Waals surface area contributed by atoms with Crippen LogP contribution in [0.3, 0.4) is 0 Å². The van der Waals surface area contributed by atoms with Gasteiger partial charge < -0.3 is 9.84 Å². The maximum atomic E-state index is 13.3. The number of carbonyl (C=O) groups is 2. The fraction of sp³-hybridized carbons (Fsp3) is 0.273. The number of aromatic hydroxyl groups is 1. The van der Waals surface area contributed by atoms with Gasteiger partial charge in [0.25, 0.3) is 5.91 Å². The molecule has 0 aliphatic rings. The van der Waals surface area contributed by atoms with Crippen LogP contribution in [0, 0.1) is 6.92 Å². The standard InChI is InChI=1S/C22H21Cl2NO4/c1-11(2)29-22(28)12(3)20-13(4)25(19-8-6-15(26)10-16(19)20)21(27)14-5-7-17(23)18(24)9-14/h5-12,26H,1-4H3. The molecule has 0 saturated heterocycles. The second-order valence-corrected chi connectivity index (χ2v) is 7.99. The summed E-state index contributed by atoms with van der Waals surface area (Å²) in [6.07, 6.45) is -0.259. The van der Waals surface area contributed by atoms with Crippen molar-refractivity contribution >= 4 is 46.0 Å². The summed E-state index contributed by atoms with van der Waals surface area (Å²) in [5.41, 5.74) is 2.16. The average Bonchev–Trinajstić information content (AvgIpc) is 2.93. The lowest BCUT2D eigenvalue weighted by atomic mass is 9.98. The number of carbonyl (C=O) groups excluding carboxylic acids is 2. The molecule has 0 amide bonds. The lowest BCUT2D eigenvalue weighted by molar-refractivity contribution is -0.148. The van der Waals surface area contributed by atoms with Gasteiger partial charge in [-0.15, -0.1) is 0 Å². The van der Waals surface area contributed by atoms with E-state index in [0.29, 0.717) is 32.7 Å². The number of hydrogen-bond acceptors (Lipinski definition) is 4. The summed E-state index contributed by atoms with van der Waals surface area (Å²) in [7, 11) is 0. The second-order valence-electron chi connectivity index (χ2n) is 7.18. The predicted molar refractivity (Wildman–Crippen MR) is 114 cm³/mol. The number of esters is 1. The number of halogens is 2. The summed E-state index contributed by atoms with van der Waals surface area (Å²) in [5, 5.41) is 11.2. The van der Waals surface area contributed by atoms with E-state index in [1.165, 1.54) is 16.7 Å². The highest BCUT2D eigenvalue weighted by Gasteiger charge is 2.28. The Morgan fingerprint density at radius 2 is 1.72 bits per heavy atom. The second kappa shape index (κ2) is 8.09. The van der Waals surface area contributed by atoms with E-state index in [9.17, 15) is 14.7 Å². The maximum absolute atomic E-state index is 13.3. The Kier molecular flexibility index (Phi) is 5.92. The van der Waals surface area contributed by atoms with E-state index in [-0.39, 0.29) is 22.8 Å². The summed E-state index contributed by atoms with van der Waals surface area (Å²) >= 11 is 12.0.